The third-order valence-electron chi connectivity index (χ3n) is 7.93. The Labute approximate surface area is 257 Å². The zero-order chi connectivity index (χ0) is 31.1. The molecule has 0 aromatic heterocycles. The molecule has 0 unspecified atom stereocenters. The summed E-state index contributed by atoms with van der Waals surface area (Å²) in [6.45, 7) is 5.36. The first-order valence-corrected chi connectivity index (χ1v) is 17.4. The van der Waals surface area contributed by atoms with E-state index in [0.29, 0.717) is 25.8 Å². The first-order valence-electron chi connectivity index (χ1n) is 17.4. The summed E-state index contributed by atoms with van der Waals surface area (Å²) in [4.78, 5) is 40.0. The number of amides is 1. The van der Waals surface area contributed by atoms with Gasteiger partial charge in [-0.3, -0.25) is 9.59 Å². The lowest BCUT2D eigenvalue weighted by molar-refractivity contribution is -0.525. The molecule has 4 N–H and O–H groups in total. The average Bonchev–Trinajstić information content (AvgIpc) is 2.95. The van der Waals surface area contributed by atoms with Gasteiger partial charge in [-0.1, -0.05) is 141 Å². The van der Waals surface area contributed by atoms with Crippen molar-refractivity contribution in [2.45, 2.75) is 174 Å². The highest BCUT2D eigenvalue weighted by Gasteiger charge is 2.21. The fourth-order valence-electron chi connectivity index (χ4n) is 5.32. The Kier molecular flexibility index (Phi) is 28.7. The quantitative estimate of drug-likeness (QED) is 0.0243. The van der Waals surface area contributed by atoms with E-state index in [0.717, 1.165) is 25.7 Å². The van der Waals surface area contributed by atoms with Crippen molar-refractivity contribution in [3.05, 3.63) is 10.1 Å². The molecule has 0 rings (SSSR count). The summed E-state index contributed by atoms with van der Waals surface area (Å²) < 4.78 is 0. The Morgan fingerprint density at radius 3 is 1.64 bits per heavy atom. The highest BCUT2D eigenvalue weighted by molar-refractivity contribution is 5.86. The van der Waals surface area contributed by atoms with E-state index in [1.54, 1.807) is 0 Å². The Balaban J connectivity index is 4.18. The summed E-state index contributed by atoms with van der Waals surface area (Å²) in [6, 6.07) is 0. The molecular formula is C33H65N5O4. The number of carbonyl (C=O) groups excluding carboxylic acids is 2. The van der Waals surface area contributed by atoms with E-state index in [4.69, 9.17) is 5.73 Å². The number of guanidine groups is 1. The van der Waals surface area contributed by atoms with Crippen LogP contribution in [0.3, 0.4) is 0 Å². The molecule has 0 radical (unpaired) electrons. The number of aliphatic imine (C=N–C) groups is 1. The summed E-state index contributed by atoms with van der Waals surface area (Å²) in [7, 11) is 0. The fourth-order valence-corrected chi connectivity index (χ4v) is 5.32. The van der Waals surface area contributed by atoms with Crippen LogP contribution in [0.4, 0.5) is 0 Å². The summed E-state index contributed by atoms with van der Waals surface area (Å²) in [6.07, 6.45) is 28.1. The maximum Gasteiger partial charge on any atom is 0.251 e. The number of nitrogens with zero attached hydrogens (tertiary/aromatic N) is 2. The first kappa shape index (κ1) is 39.8. The summed E-state index contributed by atoms with van der Waals surface area (Å²) >= 11 is 0. The van der Waals surface area contributed by atoms with Gasteiger partial charge in [-0.25, -0.2) is 15.1 Å². The predicted molar refractivity (Wildman–Crippen MR) is 175 cm³/mol. The van der Waals surface area contributed by atoms with Crippen LogP contribution >= 0.6 is 0 Å². The number of Topliss-reactive ketones (excluding diaryl/α,β-unsaturated/α-hetero) is 1. The molecule has 1 amide bonds. The maximum atomic E-state index is 12.9. The smallest absolute Gasteiger partial charge is 0.251 e. The highest BCUT2D eigenvalue weighted by Crippen LogP contribution is 2.17. The molecule has 0 aromatic rings. The number of carbonyl (C=O) groups is 2. The molecule has 0 saturated heterocycles. The average molecular weight is 596 g/mol. The standard InChI is InChI=1S/C33H65N5O4/c1-3-5-7-9-11-12-13-14-15-16-17-18-19-20-22-26-31(39)29-30(25-24-28-36-33(34)37-38(41)42)32(40)35-27-23-21-10-8-6-4-2/h30H,3-29H2,1-2H3,(H,35,40)(H3,34,36,37)/t30-/m1/s1. The van der Waals surface area contributed by atoms with E-state index in [9.17, 15) is 19.7 Å². The Hall–Kier alpha value is -2.19. The molecule has 9 heteroatoms. The Morgan fingerprint density at radius 2 is 1.17 bits per heavy atom. The molecule has 0 fully saturated rings. The van der Waals surface area contributed by atoms with Crippen LogP contribution in [-0.2, 0) is 9.59 Å². The third-order valence-corrected chi connectivity index (χ3v) is 7.93. The number of nitrogens with two attached hydrogens (primary N) is 1. The van der Waals surface area contributed by atoms with Crippen LogP contribution in [0.15, 0.2) is 4.99 Å². The Bertz CT molecular complexity index is 702. The van der Waals surface area contributed by atoms with Crippen LogP contribution in [0.25, 0.3) is 0 Å². The Morgan fingerprint density at radius 1 is 0.714 bits per heavy atom. The van der Waals surface area contributed by atoms with Gasteiger partial charge >= 0.3 is 0 Å². The normalized spacial score (nSPS) is 12.3. The number of rotatable bonds is 31. The van der Waals surface area contributed by atoms with Gasteiger partial charge in [0, 0.05) is 31.8 Å². The summed E-state index contributed by atoms with van der Waals surface area (Å²) in [5.41, 5.74) is 7.28. The van der Waals surface area contributed by atoms with Gasteiger partial charge in [-0.2, -0.15) is 0 Å². The molecule has 0 aliphatic heterocycles. The zero-order valence-corrected chi connectivity index (χ0v) is 27.3. The van der Waals surface area contributed by atoms with Crippen LogP contribution < -0.4 is 16.5 Å². The molecular weight excluding hydrogens is 530 g/mol. The highest BCUT2D eigenvalue weighted by atomic mass is 16.7. The van der Waals surface area contributed by atoms with Crippen LogP contribution in [0.1, 0.15) is 174 Å². The summed E-state index contributed by atoms with van der Waals surface area (Å²) in [5, 5.41) is 12.7. The first-order chi connectivity index (χ1) is 20.4. The van der Waals surface area contributed by atoms with Gasteiger partial charge in [-0.15, -0.1) is 0 Å². The van der Waals surface area contributed by atoms with Crippen molar-refractivity contribution in [2.75, 3.05) is 13.1 Å². The lowest BCUT2D eigenvalue weighted by Gasteiger charge is -2.16. The lowest BCUT2D eigenvalue weighted by atomic mass is 9.93. The predicted octanol–water partition coefficient (Wildman–Crippen LogP) is 8.18. The van der Waals surface area contributed by atoms with E-state index in [1.165, 1.54) is 109 Å². The molecule has 1 atom stereocenters. The molecule has 0 aliphatic carbocycles. The van der Waals surface area contributed by atoms with E-state index in [2.05, 4.69) is 24.2 Å². The number of ketones is 1. The van der Waals surface area contributed by atoms with Crippen LogP contribution in [0.5, 0.6) is 0 Å². The minimum absolute atomic E-state index is 0.0752. The van der Waals surface area contributed by atoms with Crippen molar-refractivity contribution in [3.8, 4) is 0 Å². The molecule has 42 heavy (non-hydrogen) atoms. The minimum Gasteiger partial charge on any atom is -0.365 e. The van der Waals surface area contributed by atoms with Crippen molar-refractivity contribution in [1.82, 2.24) is 10.7 Å². The largest absolute Gasteiger partial charge is 0.365 e. The van der Waals surface area contributed by atoms with E-state index < -0.39 is 11.0 Å². The van der Waals surface area contributed by atoms with Gasteiger partial charge in [0.15, 0.2) is 5.03 Å². The van der Waals surface area contributed by atoms with Crippen molar-refractivity contribution >= 4 is 17.6 Å². The topological polar surface area (TPSA) is 140 Å². The van der Waals surface area contributed by atoms with Crippen molar-refractivity contribution in [2.24, 2.45) is 16.6 Å². The summed E-state index contributed by atoms with van der Waals surface area (Å²) in [5.74, 6) is -0.585. The molecule has 9 nitrogen and oxygen atoms in total. The molecule has 246 valence electrons. The third kappa shape index (κ3) is 28.0. The van der Waals surface area contributed by atoms with Crippen LogP contribution in [0, 0.1) is 16.0 Å². The maximum absolute atomic E-state index is 12.9. The van der Waals surface area contributed by atoms with E-state index in [-0.39, 0.29) is 30.6 Å². The van der Waals surface area contributed by atoms with Gasteiger partial charge in [0.25, 0.3) is 5.96 Å². The lowest BCUT2D eigenvalue weighted by Crippen LogP contribution is -2.36. The van der Waals surface area contributed by atoms with Gasteiger partial charge in [0.05, 0.1) is 0 Å². The minimum atomic E-state index is -0.756. The molecule has 0 spiro atoms. The SMILES string of the molecule is CCCCCCCCCCCCCCCCCC(=O)C[C@@H](CCCN=C(N)N[N+](=O)[O-])C(=O)NCCCCCCCC. The van der Waals surface area contributed by atoms with Crippen molar-refractivity contribution < 1.29 is 14.6 Å². The van der Waals surface area contributed by atoms with Crippen LogP contribution in [0.2, 0.25) is 0 Å². The van der Waals surface area contributed by atoms with Gasteiger partial charge < -0.3 is 11.1 Å². The molecule has 0 saturated carbocycles. The second-order valence-electron chi connectivity index (χ2n) is 12.0. The van der Waals surface area contributed by atoms with Gasteiger partial charge in [0.1, 0.15) is 5.78 Å². The second-order valence-corrected chi connectivity index (χ2v) is 12.0. The number of hydrogen-bond acceptors (Lipinski definition) is 5. The molecule has 0 aromatic carbocycles. The number of nitrogens with one attached hydrogen (secondary N) is 2. The molecule has 0 bridgehead atoms. The number of hydrogen-bond donors (Lipinski definition) is 3. The number of nitro groups is 1. The van der Waals surface area contributed by atoms with Gasteiger partial charge in [0.2, 0.25) is 5.91 Å². The number of hydrazine groups is 1. The molecule has 0 heterocycles. The number of unbranched alkanes of at least 4 members (excludes halogenated alkanes) is 19. The van der Waals surface area contributed by atoms with Crippen molar-refractivity contribution in [3.63, 3.8) is 0 Å². The monoisotopic (exact) mass is 596 g/mol. The van der Waals surface area contributed by atoms with E-state index >= 15 is 0 Å². The van der Waals surface area contributed by atoms with Crippen molar-refractivity contribution in [1.29, 1.82) is 0 Å². The fraction of sp³-hybridized carbons (Fsp3) is 0.909. The second kappa shape index (κ2) is 30.3. The van der Waals surface area contributed by atoms with E-state index in [1.807, 2.05) is 5.43 Å². The molecule has 0 aliphatic rings. The van der Waals surface area contributed by atoms with Gasteiger partial charge in [-0.05, 0) is 25.7 Å². The zero-order valence-electron chi connectivity index (χ0n) is 27.3. The van der Waals surface area contributed by atoms with Crippen LogP contribution in [-0.4, -0.2) is 35.8 Å².